The molecule has 0 radical (unpaired) electrons. The van der Waals surface area contributed by atoms with Crippen molar-refractivity contribution in [3.05, 3.63) is 66.5 Å². The van der Waals surface area contributed by atoms with Crippen LogP contribution in [-0.4, -0.2) is 40.1 Å². The van der Waals surface area contributed by atoms with Gasteiger partial charge in [-0.15, -0.1) is 0 Å². The third-order valence-corrected chi connectivity index (χ3v) is 6.19. The topological polar surface area (TPSA) is 92.3 Å². The molecule has 8 heteroatoms. The Kier molecular flexibility index (Phi) is 6.95. The van der Waals surface area contributed by atoms with Crippen molar-refractivity contribution in [2.75, 3.05) is 28.6 Å². The first-order valence-corrected chi connectivity index (χ1v) is 12.0. The Morgan fingerprint density at radius 3 is 2.56 bits per heavy atom. The number of ether oxygens (including phenoxy) is 1. The van der Waals surface area contributed by atoms with Crippen molar-refractivity contribution < 1.29 is 9.53 Å². The van der Waals surface area contributed by atoms with Gasteiger partial charge in [0.15, 0.2) is 0 Å². The van der Waals surface area contributed by atoms with E-state index >= 15 is 0 Å². The Balaban J connectivity index is 1.14. The molecule has 2 aromatic carbocycles. The van der Waals surface area contributed by atoms with Crippen LogP contribution in [0.4, 0.5) is 23.3 Å². The van der Waals surface area contributed by atoms with E-state index in [-0.39, 0.29) is 12.0 Å². The number of nitrogens with zero attached hydrogens (tertiary/aromatic N) is 4. The average Bonchev–Trinajstić information content (AvgIpc) is 3.68. The predicted molar refractivity (Wildman–Crippen MR) is 132 cm³/mol. The zero-order valence-electron chi connectivity index (χ0n) is 19.2. The van der Waals surface area contributed by atoms with E-state index in [1.165, 1.54) is 11.9 Å². The first-order chi connectivity index (χ1) is 16.7. The van der Waals surface area contributed by atoms with Crippen molar-refractivity contribution in [3.63, 3.8) is 0 Å². The molecular weight excluding hydrogens is 428 g/mol. The van der Waals surface area contributed by atoms with Crippen LogP contribution in [0.3, 0.4) is 0 Å². The number of benzene rings is 2. The molecule has 1 aliphatic carbocycles. The summed E-state index contributed by atoms with van der Waals surface area (Å²) in [5.74, 6) is 1.77. The normalized spacial score (nSPS) is 16.3. The lowest BCUT2D eigenvalue weighted by Crippen LogP contribution is -2.38. The number of anilines is 4. The van der Waals surface area contributed by atoms with Gasteiger partial charge in [0.2, 0.25) is 17.8 Å². The number of carbonyl (C=O) groups is 1. The summed E-state index contributed by atoms with van der Waals surface area (Å²) >= 11 is 0. The second kappa shape index (κ2) is 10.6. The SMILES string of the molecule is O=C(CC1CC1)Nc1cccc(Nc2ncnc(N3CCC(OCc4ccccc4)CC3)n2)c1. The maximum atomic E-state index is 12.1. The molecule has 34 heavy (non-hydrogen) atoms. The predicted octanol–water partition coefficient (Wildman–Crippen LogP) is 4.54. The summed E-state index contributed by atoms with van der Waals surface area (Å²) in [6, 6.07) is 17.9. The monoisotopic (exact) mass is 458 g/mol. The molecule has 0 spiro atoms. The van der Waals surface area contributed by atoms with E-state index in [4.69, 9.17) is 4.74 Å². The van der Waals surface area contributed by atoms with E-state index in [2.05, 4.69) is 42.6 Å². The first-order valence-electron chi connectivity index (χ1n) is 12.0. The fourth-order valence-corrected chi connectivity index (χ4v) is 4.11. The summed E-state index contributed by atoms with van der Waals surface area (Å²) in [5.41, 5.74) is 2.78. The van der Waals surface area contributed by atoms with Gasteiger partial charge in [-0.05, 0) is 55.4 Å². The van der Waals surface area contributed by atoms with Gasteiger partial charge in [-0.25, -0.2) is 9.97 Å². The second-order valence-electron chi connectivity index (χ2n) is 8.99. The minimum absolute atomic E-state index is 0.0678. The van der Waals surface area contributed by atoms with E-state index in [9.17, 15) is 4.79 Å². The van der Waals surface area contributed by atoms with Crippen molar-refractivity contribution in [3.8, 4) is 0 Å². The van der Waals surface area contributed by atoms with Gasteiger partial charge in [0.05, 0.1) is 12.7 Å². The number of carbonyl (C=O) groups excluding carboxylic acids is 1. The van der Waals surface area contributed by atoms with Crippen LogP contribution >= 0.6 is 0 Å². The fraction of sp³-hybridized carbons (Fsp3) is 0.385. The number of rotatable bonds is 9. The average molecular weight is 459 g/mol. The van der Waals surface area contributed by atoms with Crippen LogP contribution < -0.4 is 15.5 Å². The highest BCUT2D eigenvalue weighted by molar-refractivity contribution is 5.91. The van der Waals surface area contributed by atoms with Crippen LogP contribution in [-0.2, 0) is 16.1 Å². The summed E-state index contributed by atoms with van der Waals surface area (Å²) in [6.07, 6.45) is 6.57. The molecule has 176 valence electrons. The molecule has 2 heterocycles. The van der Waals surface area contributed by atoms with E-state index in [0.717, 1.165) is 50.1 Å². The molecule has 3 aromatic rings. The minimum Gasteiger partial charge on any atom is -0.373 e. The summed E-state index contributed by atoms with van der Waals surface area (Å²) in [7, 11) is 0. The number of nitrogens with one attached hydrogen (secondary N) is 2. The molecule has 2 N–H and O–H groups in total. The number of hydrogen-bond acceptors (Lipinski definition) is 7. The van der Waals surface area contributed by atoms with E-state index in [1.807, 2.05) is 42.5 Å². The van der Waals surface area contributed by atoms with Gasteiger partial charge < -0.3 is 20.3 Å². The van der Waals surface area contributed by atoms with Gasteiger partial charge in [-0.3, -0.25) is 4.79 Å². The first kappa shape index (κ1) is 22.3. The quantitative estimate of drug-likeness (QED) is 0.486. The van der Waals surface area contributed by atoms with Crippen LogP contribution in [0, 0.1) is 5.92 Å². The molecule has 1 saturated carbocycles. The number of hydrogen-bond donors (Lipinski definition) is 2. The van der Waals surface area contributed by atoms with Crippen molar-refractivity contribution in [1.29, 1.82) is 0 Å². The lowest BCUT2D eigenvalue weighted by molar-refractivity contribution is -0.116. The van der Waals surface area contributed by atoms with Gasteiger partial charge in [0.1, 0.15) is 6.33 Å². The number of piperidine rings is 1. The molecule has 1 saturated heterocycles. The van der Waals surface area contributed by atoms with Crippen LogP contribution in [0.1, 0.15) is 37.7 Å². The molecule has 5 rings (SSSR count). The lowest BCUT2D eigenvalue weighted by atomic mass is 10.1. The van der Waals surface area contributed by atoms with Crippen molar-refractivity contribution in [2.45, 2.75) is 44.8 Å². The molecular formula is C26H30N6O2. The van der Waals surface area contributed by atoms with Gasteiger partial charge in [-0.2, -0.15) is 4.98 Å². The fourth-order valence-electron chi connectivity index (χ4n) is 4.11. The molecule has 1 amide bonds. The van der Waals surface area contributed by atoms with Crippen LogP contribution in [0.25, 0.3) is 0 Å². The van der Waals surface area contributed by atoms with Crippen LogP contribution in [0.5, 0.6) is 0 Å². The zero-order valence-corrected chi connectivity index (χ0v) is 19.2. The maximum absolute atomic E-state index is 12.1. The standard InChI is InChI=1S/C26H30N6O2/c33-24(15-19-9-10-19)29-21-7-4-8-22(16-21)30-25-27-18-28-26(31-25)32-13-11-23(12-14-32)34-17-20-5-2-1-3-6-20/h1-8,16,18-19,23H,9-15,17H2,(H,29,33)(H,27,28,30,31). The summed E-state index contributed by atoms with van der Waals surface area (Å²) in [4.78, 5) is 27.5. The maximum Gasteiger partial charge on any atom is 0.231 e. The largest absolute Gasteiger partial charge is 0.373 e. The molecule has 0 bridgehead atoms. The van der Waals surface area contributed by atoms with E-state index < -0.39 is 0 Å². The Bertz CT molecular complexity index is 1100. The molecule has 2 aliphatic rings. The van der Waals surface area contributed by atoms with Gasteiger partial charge in [-0.1, -0.05) is 36.4 Å². The molecule has 0 unspecified atom stereocenters. The van der Waals surface area contributed by atoms with Gasteiger partial charge in [0.25, 0.3) is 0 Å². The molecule has 1 aromatic heterocycles. The number of amides is 1. The Hall–Kier alpha value is -3.52. The Morgan fingerprint density at radius 2 is 1.76 bits per heavy atom. The third-order valence-electron chi connectivity index (χ3n) is 6.19. The Morgan fingerprint density at radius 1 is 0.971 bits per heavy atom. The molecule has 2 fully saturated rings. The Labute approximate surface area is 199 Å². The zero-order chi connectivity index (χ0) is 23.2. The molecule has 0 atom stereocenters. The molecule has 1 aliphatic heterocycles. The van der Waals surface area contributed by atoms with Crippen molar-refractivity contribution in [2.24, 2.45) is 5.92 Å². The third kappa shape index (κ3) is 6.29. The van der Waals surface area contributed by atoms with Crippen molar-refractivity contribution >= 4 is 29.2 Å². The summed E-state index contributed by atoms with van der Waals surface area (Å²) in [5, 5.41) is 6.21. The highest BCUT2D eigenvalue weighted by Gasteiger charge is 2.24. The van der Waals surface area contributed by atoms with Crippen LogP contribution in [0.2, 0.25) is 0 Å². The smallest absolute Gasteiger partial charge is 0.231 e. The van der Waals surface area contributed by atoms with Gasteiger partial charge >= 0.3 is 0 Å². The lowest BCUT2D eigenvalue weighted by Gasteiger charge is -2.31. The van der Waals surface area contributed by atoms with E-state index in [0.29, 0.717) is 30.8 Å². The summed E-state index contributed by atoms with van der Waals surface area (Å²) < 4.78 is 6.10. The number of aromatic nitrogens is 3. The van der Waals surface area contributed by atoms with Gasteiger partial charge in [0, 0.05) is 30.9 Å². The highest BCUT2D eigenvalue weighted by atomic mass is 16.5. The van der Waals surface area contributed by atoms with Crippen molar-refractivity contribution in [1.82, 2.24) is 15.0 Å². The van der Waals surface area contributed by atoms with Crippen LogP contribution in [0.15, 0.2) is 60.9 Å². The van der Waals surface area contributed by atoms with E-state index in [1.54, 1.807) is 0 Å². The molecule has 8 nitrogen and oxygen atoms in total. The highest BCUT2D eigenvalue weighted by Crippen LogP contribution is 2.32. The summed E-state index contributed by atoms with van der Waals surface area (Å²) in [6.45, 7) is 2.32. The second-order valence-corrected chi connectivity index (χ2v) is 8.99. The minimum atomic E-state index is 0.0678.